The largest absolute Gasteiger partial charge is 0.490 e. The van der Waals surface area contributed by atoms with Crippen LogP contribution in [0.4, 0.5) is 23.2 Å². The summed E-state index contributed by atoms with van der Waals surface area (Å²) in [5, 5.41) is 17.7. The lowest BCUT2D eigenvalue weighted by atomic mass is 9.68. The second kappa shape index (κ2) is 35.1. The number of alkyl halides is 4. The summed E-state index contributed by atoms with van der Waals surface area (Å²) < 4.78 is 126. The van der Waals surface area contributed by atoms with E-state index in [4.69, 9.17) is 69.2 Å². The van der Waals surface area contributed by atoms with E-state index in [1.165, 1.54) is 11.1 Å². The first kappa shape index (κ1) is 70.5. The molecule has 11 rings (SSSR count). The van der Waals surface area contributed by atoms with Crippen LogP contribution < -0.4 is 14.4 Å². The maximum atomic E-state index is 14.2. The average molecular weight is 1310 g/mol. The molecule has 3 N–H and O–H groups in total. The quantitative estimate of drug-likeness (QED) is 0.0829. The standard InChI is InChI=1S/C38H47ClFN3O7S.C14H17FO4.C7H11FO4.C5H9FO2/c1-47-33-7-3-2-4-17-51(46,41-36(44)22-49-34-14-16-48-21-31(34)40)42-37(45)26-9-13-35-32(19-26)43(20-27-8-11-29(27)33)23-38(24-50-35)15-5-6-25-18-28(39)10-12-30(25)38;15-12-9-17-7-6-13(12)18-10-14(16)19-8-11-4-2-1-3-5-11;8-5-3-11-2-1-6(5)12-4-7(9)10;6-4-3-8-2-1-5(4)7/h3,7,9-10,12-13,18-19,27,29,31,33-34H,2,4-6,8,11,14-17,20-24H2,1H3,(H,41,42,44,45,46);1-5,12-13H,6-10H2;5-6H,1-4H2,(H,9,10);4-5,7H,1-3H2/b7-3+;;;/t27-,29+,31+,33-,34-,38-,51?;12-,13+;5-,6+;4-,5+/m0111/s1. The first-order valence-corrected chi connectivity index (χ1v) is 32.9. The molecule has 2 aliphatic carbocycles. The number of anilines is 1. The summed E-state index contributed by atoms with van der Waals surface area (Å²) in [4.78, 5) is 50.7. The number of fused-ring (bicyclic) bond motifs is 4. The van der Waals surface area contributed by atoms with Crippen LogP contribution in [0.15, 0.2) is 83.2 Å². The molecule has 0 radical (unpaired) electrons. The van der Waals surface area contributed by atoms with Gasteiger partial charge in [-0.1, -0.05) is 60.2 Å². The van der Waals surface area contributed by atoms with Crippen molar-refractivity contribution >= 4 is 51.0 Å². The number of esters is 1. The summed E-state index contributed by atoms with van der Waals surface area (Å²) in [5.41, 5.74) is 4.17. The second-order valence-corrected chi connectivity index (χ2v) is 26.0. The molecule has 1 saturated carbocycles. The minimum Gasteiger partial charge on any atom is -0.490 e. The molecule has 6 aliphatic heterocycles. The van der Waals surface area contributed by atoms with Crippen LogP contribution in [0.3, 0.4) is 0 Å². The number of aliphatic hydroxyl groups is 1. The number of nitrogens with zero attached hydrogens (tertiary/aromatic N) is 2. The van der Waals surface area contributed by atoms with E-state index < -0.39 is 96.0 Å². The number of carboxylic acid groups (broad SMARTS) is 1. The zero-order valence-electron chi connectivity index (χ0n) is 50.7. The lowest BCUT2D eigenvalue weighted by Crippen LogP contribution is -2.49. The van der Waals surface area contributed by atoms with E-state index in [9.17, 15) is 40.9 Å². The fourth-order valence-corrected chi connectivity index (χ4v) is 13.7. The predicted octanol–water partition coefficient (Wildman–Crippen LogP) is 8.18. The highest BCUT2D eigenvalue weighted by atomic mass is 35.5. The molecule has 4 saturated heterocycles. The SMILES string of the molecule is CO[C@H]1/C=C/CCCS(=O)(NC(=O)CO[C@H]2CCOC[C@H]2F)=NC(=O)c2ccc3c(c2)N(C[C@@H]2CC[C@H]21)C[C@@]1(CCCc2cc(Cl)ccc21)CO3.O=C(CO[C@H]1CCOC[C@H]1F)OCc1ccccc1.O=C(O)CO[C@H]1CCOC[C@H]1F.O[C@H]1CCOC[C@H]1F. The maximum absolute atomic E-state index is 14.2. The van der Waals surface area contributed by atoms with Gasteiger partial charge in [-0.3, -0.25) is 14.3 Å². The fraction of sp³-hybridized carbons (Fsp3) is 0.625. The summed E-state index contributed by atoms with van der Waals surface area (Å²) in [6, 6.07) is 20.8. The Morgan fingerprint density at radius 1 is 0.789 bits per heavy atom. The molecule has 3 aromatic rings. The van der Waals surface area contributed by atoms with Crippen molar-refractivity contribution in [3.05, 3.63) is 106 Å². The number of aliphatic hydroxyl groups excluding tert-OH is 1. The van der Waals surface area contributed by atoms with E-state index in [1.54, 1.807) is 25.3 Å². The van der Waals surface area contributed by atoms with Gasteiger partial charge in [0.25, 0.3) is 11.8 Å². The smallest absolute Gasteiger partial charge is 0.332 e. The van der Waals surface area contributed by atoms with Gasteiger partial charge in [-0.25, -0.2) is 31.4 Å². The molecular weight excluding hydrogens is 1230 g/mol. The van der Waals surface area contributed by atoms with Crippen molar-refractivity contribution in [1.82, 2.24) is 4.72 Å². The number of hydrogen-bond acceptors (Lipinski definition) is 17. The number of aliphatic carboxylic acids is 1. The number of benzene rings is 3. The van der Waals surface area contributed by atoms with Crippen LogP contribution in [-0.2, 0) is 85.4 Å². The van der Waals surface area contributed by atoms with Gasteiger partial charge in [0.05, 0.1) is 75.0 Å². The molecule has 20 nitrogen and oxygen atoms in total. The minimum atomic E-state index is -3.55. The van der Waals surface area contributed by atoms with E-state index in [0.717, 1.165) is 54.9 Å². The van der Waals surface area contributed by atoms with Gasteiger partial charge in [-0.15, -0.1) is 4.36 Å². The van der Waals surface area contributed by atoms with E-state index in [0.29, 0.717) is 95.7 Å². The lowest BCUT2D eigenvalue weighted by molar-refractivity contribution is -0.157. The number of nitrogens with one attached hydrogen (secondary N) is 1. The number of halogens is 5. The topological polar surface area (TPSA) is 246 Å². The van der Waals surface area contributed by atoms with Crippen LogP contribution in [0.5, 0.6) is 5.75 Å². The van der Waals surface area contributed by atoms with E-state index in [-0.39, 0.29) is 62.5 Å². The first-order chi connectivity index (χ1) is 43.4. The normalized spacial score (nSPS) is 31.1. The second-order valence-electron chi connectivity index (χ2n) is 23.5. The lowest BCUT2D eigenvalue weighted by Gasteiger charge is -2.46. The molecule has 26 heteroatoms. The Kier molecular flexibility index (Phi) is 27.5. The van der Waals surface area contributed by atoms with Gasteiger partial charge in [-0.05, 0) is 129 Å². The van der Waals surface area contributed by atoms with E-state index in [1.807, 2.05) is 42.5 Å². The van der Waals surface area contributed by atoms with Crippen LogP contribution in [0.25, 0.3) is 0 Å². The molecule has 6 heterocycles. The average Bonchev–Trinajstić information content (AvgIpc) is 1.47. The van der Waals surface area contributed by atoms with Crippen LogP contribution in [0.1, 0.15) is 91.3 Å². The van der Waals surface area contributed by atoms with Gasteiger partial charge in [0, 0.05) is 62.6 Å². The summed E-state index contributed by atoms with van der Waals surface area (Å²) in [6.45, 7) is 2.68. The Balaban J connectivity index is 0.000000215. The zero-order chi connectivity index (χ0) is 64.0. The number of aryl methyl sites for hydroxylation is 1. The van der Waals surface area contributed by atoms with Crippen LogP contribution in [-0.4, -0.2) is 199 Å². The van der Waals surface area contributed by atoms with Crippen molar-refractivity contribution in [2.24, 2.45) is 16.2 Å². The molecule has 13 atom stereocenters. The third kappa shape index (κ3) is 20.8. The van der Waals surface area contributed by atoms with Gasteiger partial charge in [0.2, 0.25) is 0 Å². The molecule has 2 amide bonds. The minimum absolute atomic E-state index is 0.00425. The Morgan fingerprint density at radius 3 is 2.03 bits per heavy atom. The number of allylic oxidation sites excluding steroid dienone is 1. The van der Waals surface area contributed by atoms with Crippen molar-refractivity contribution in [2.45, 2.75) is 138 Å². The van der Waals surface area contributed by atoms with Gasteiger partial charge in [-0.2, -0.15) is 0 Å². The Morgan fingerprint density at radius 2 is 1.43 bits per heavy atom. The third-order valence-corrected chi connectivity index (χ3v) is 19.1. The number of rotatable bonds is 13. The molecule has 498 valence electrons. The molecule has 2 bridgehead atoms. The van der Waals surface area contributed by atoms with Crippen molar-refractivity contribution in [1.29, 1.82) is 0 Å². The van der Waals surface area contributed by atoms with Gasteiger partial charge < -0.3 is 62.5 Å². The maximum Gasteiger partial charge on any atom is 0.332 e. The molecule has 3 aromatic carbocycles. The molecule has 8 aliphatic rings. The Bertz CT molecular complexity index is 2960. The highest BCUT2D eigenvalue weighted by molar-refractivity contribution is 7.92. The molecule has 1 spiro atoms. The van der Waals surface area contributed by atoms with Gasteiger partial charge in [0.1, 0.15) is 66.8 Å². The predicted molar refractivity (Wildman–Crippen MR) is 324 cm³/mol. The molecule has 5 fully saturated rings. The van der Waals surface area contributed by atoms with Crippen LogP contribution in [0.2, 0.25) is 5.02 Å². The van der Waals surface area contributed by atoms with Crippen molar-refractivity contribution < 1.29 is 98.5 Å². The summed E-state index contributed by atoms with van der Waals surface area (Å²) in [6.07, 6.45) is 4.03. The number of amides is 2. The van der Waals surface area contributed by atoms with Crippen molar-refractivity contribution in [3.8, 4) is 5.75 Å². The molecule has 0 aromatic heterocycles. The number of hydrogen-bond donors (Lipinski definition) is 3. The van der Waals surface area contributed by atoms with Crippen molar-refractivity contribution in [3.63, 3.8) is 0 Å². The number of carboxylic acids is 1. The van der Waals surface area contributed by atoms with Gasteiger partial charge >= 0.3 is 11.9 Å². The summed E-state index contributed by atoms with van der Waals surface area (Å²) in [5.74, 6) is -1.66. The van der Waals surface area contributed by atoms with Crippen LogP contribution in [0, 0.1) is 11.8 Å². The number of ether oxygens (including phenoxy) is 10. The summed E-state index contributed by atoms with van der Waals surface area (Å²) >= 11 is 6.44. The highest BCUT2D eigenvalue weighted by Crippen LogP contribution is 2.47. The van der Waals surface area contributed by atoms with Crippen LogP contribution >= 0.6 is 11.6 Å². The van der Waals surface area contributed by atoms with Gasteiger partial charge in [0.15, 0.2) is 0 Å². The van der Waals surface area contributed by atoms with E-state index >= 15 is 0 Å². The zero-order valence-corrected chi connectivity index (χ0v) is 52.2. The Hall–Kier alpha value is -5.32. The Labute approximate surface area is 528 Å². The first-order valence-electron chi connectivity index (χ1n) is 30.8. The number of carbonyl (C=O) groups is 4. The highest BCUT2D eigenvalue weighted by Gasteiger charge is 2.45. The molecule has 1 unspecified atom stereocenters. The number of carbonyl (C=O) groups excluding carboxylic acids is 3. The monoisotopic (exact) mass is 1310 g/mol. The van der Waals surface area contributed by atoms with E-state index in [2.05, 4.69) is 32.2 Å². The third-order valence-electron chi connectivity index (χ3n) is 17.0. The molecule has 90 heavy (non-hydrogen) atoms. The summed E-state index contributed by atoms with van der Waals surface area (Å²) in [7, 11) is -1.81. The number of methoxy groups -OCH3 is 1. The molecular formula is C64H84ClF4N3O17S. The van der Waals surface area contributed by atoms with Crippen molar-refractivity contribution in [2.75, 3.05) is 110 Å². The fourth-order valence-electron chi connectivity index (χ4n) is 11.9.